The number of nitrogens with zero attached hydrogens (tertiary/aromatic N) is 1. The van der Waals surface area contributed by atoms with Crippen LogP contribution in [0.5, 0.6) is 0 Å². The van der Waals surface area contributed by atoms with Crippen molar-refractivity contribution in [2.75, 3.05) is 0 Å². The molecule has 0 saturated carbocycles. The number of carbonyl (C=O) groups is 3. The highest BCUT2D eigenvalue weighted by molar-refractivity contribution is 5.97. The molecule has 0 amide bonds. The van der Waals surface area contributed by atoms with Crippen molar-refractivity contribution in [2.24, 2.45) is 0 Å². The van der Waals surface area contributed by atoms with Crippen LogP contribution >= 0.6 is 0 Å². The lowest BCUT2D eigenvalue weighted by Gasteiger charge is -2.19. The molecule has 7 heteroatoms. The second kappa shape index (κ2) is 7.72. The molecule has 3 heterocycles. The number of aromatic nitrogens is 1. The van der Waals surface area contributed by atoms with Crippen LogP contribution in [-0.4, -0.2) is 27.8 Å². The summed E-state index contributed by atoms with van der Waals surface area (Å²) in [6.45, 7) is 5.28. The van der Waals surface area contributed by atoms with Crippen molar-refractivity contribution in [3.63, 3.8) is 0 Å². The lowest BCUT2D eigenvalue weighted by molar-refractivity contribution is 0.0536. The van der Waals surface area contributed by atoms with Crippen molar-refractivity contribution < 1.29 is 28.0 Å². The highest BCUT2D eigenvalue weighted by Gasteiger charge is 2.22. The standard InChI is InChI=1S/C21H21NO6/c1-21(2,3)28-20(25)22-12-14(10-16(23)18-6-4-8-26-18)15(13-22)11-17(24)19-7-5-9-27-19/h4-9,12-13H,10-11H2,1-3H3. The van der Waals surface area contributed by atoms with E-state index in [2.05, 4.69) is 0 Å². The molecule has 28 heavy (non-hydrogen) atoms. The van der Waals surface area contributed by atoms with E-state index in [1.54, 1.807) is 45.0 Å². The van der Waals surface area contributed by atoms with Crippen molar-refractivity contribution in [1.82, 2.24) is 4.57 Å². The predicted octanol–water partition coefficient (Wildman–Crippen LogP) is 4.31. The van der Waals surface area contributed by atoms with Crippen LogP contribution in [0, 0.1) is 0 Å². The first-order valence-corrected chi connectivity index (χ1v) is 8.79. The summed E-state index contributed by atoms with van der Waals surface area (Å²) < 4.78 is 16.9. The number of ketones is 2. The molecule has 0 aromatic carbocycles. The third-order valence-corrected chi connectivity index (χ3v) is 3.90. The monoisotopic (exact) mass is 383 g/mol. The first kappa shape index (κ1) is 19.4. The number of ether oxygens (including phenoxy) is 1. The summed E-state index contributed by atoms with van der Waals surface area (Å²) >= 11 is 0. The Labute approximate surface area is 161 Å². The third kappa shape index (κ3) is 4.68. The third-order valence-electron chi connectivity index (χ3n) is 3.90. The fourth-order valence-corrected chi connectivity index (χ4v) is 2.67. The van der Waals surface area contributed by atoms with Gasteiger partial charge in [-0.1, -0.05) is 0 Å². The van der Waals surface area contributed by atoms with Gasteiger partial charge in [-0.25, -0.2) is 4.79 Å². The molecule has 0 unspecified atom stereocenters. The summed E-state index contributed by atoms with van der Waals surface area (Å²) in [6, 6.07) is 6.39. The predicted molar refractivity (Wildman–Crippen MR) is 99.5 cm³/mol. The van der Waals surface area contributed by atoms with Crippen LogP contribution in [-0.2, 0) is 17.6 Å². The first-order chi connectivity index (χ1) is 13.2. The van der Waals surface area contributed by atoms with Gasteiger partial charge in [0, 0.05) is 25.2 Å². The smallest absolute Gasteiger partial charge is 0.418 e. The normalized spacial score (nSPS) is 11.4. The zero-order valence-electron chi connectivity index (χ0n) is 15.9. The van der Waals surface area contributed by atoms with Gasteiger partial charge in [-0.05, 0) is 56.2 Å². The largest absolute Gasteiger partial charge is 0.461 e. The van der Waals surface area contributed by atoms with Gasteiger partial charge in [0.25, 0.3) is 0 Å². The molecule has 0 radical (unpaired) electrons. The molecule has 0 aliphatic heterocycles. The summed E-state index contributed by atoms with van der Waals surface area (Å²) in [7, 11) is 0. The fourth-order valence-electron chi connectivity index (χ4n) is 2.67. The average Bonchev–Trinajstić information content (AvgIpc) is 3.36. The number of furan rings is 2. The molecule has 0 aliphatic rings. The zero-order chi connectivity index (χ0) is 20.3. The Kier molecular flexibility index (Phi) is 5.35. The van der Waals surface area contributed by atoms with E-state index < -0.39 is 11.7 Å². The van der Waals surface area contributed by atoms with E-state index in [9.17, 15) is 14.4 Å². The van der Waals surface area contributed by atoms with Crippen LogP contribution in [0.1, 0.15) is 53.0 Å². The van der Waals surface area contributed by atoms with E-state index in [1.807, 2.05) is 0 Å². The molecule has 7 nitrogen and oxygen atoms in total. The summed E-state index contributed by atoms with van der Waals surface area (Å²) in [5.41, 5.74) is 0.426. The van der Waals surface area contributed by atoms with Gasteiger partial charge in [-0.3, -0.25) is 14.2 Å². The van der Waals surface area contributed by atoms with E-state index in [-0.39, 0.29) is 35.9 Å². The summed E-state index contributed by atoms with van der Waals surface area (Å²) in [5, 5.41) is 0. The molecule has 0 saturated heterocycles. The molecular formula is C21H21NO6. The molecular weight excluding hydrogens is 362 g/mol. The summed E-state index contributed by atoms with van der Waals surface area (Å²) in [5.74, 6) is -0.0704. The van der Waals surface area contributed by atoms with Crippen LogP contribution in [0.3, 0.4) is 0 Å². The zero-order valence-corrected chi connectivity index (χ0v) is 15.9. The van der Waals surface area contributed by atoms with Crippen LogP contribution in [0.25, 0.3) is 0 Å². The number of carbonyl (C=O) groups excluding carboxylic acids is 3. The summed E-state index contributed by atoms with van der Waals surface area (Å²) in [6.07, 6.45) is 5.25. The number of hydrogen-bond donors (Lipinski definition) is 0. The van der Waals surface area contributed by atoms with Crippen molar-refractivity contribution in [2.45, 2.75) is 39.2 Å². The van der Waals surface area contributed by atoms with Crippen molar-refractivity contribution in [3.05, 3.63) is 71.8 Å². The van der Waals surface area contributed by atoms with Crippen molar-refractivity contribution in [1.29, 1.82) is 0 Å². The second-order valence-electron chi connectivity index (χ2n) is 7.35. The van der Waals surface area contributed by atoms with Gasteiger partial charge in [0.2, 0.25) is 11.6 Å². The van der Waals surface area contributed by atoms with Gasteiger partial charge >= 0.3 is 6.09 Å². The molecule has 3 rings (SSSR count). The van der Waals surface area contributed by atoms with Crippen molar-refractivity contribution in [3.8, 4) is 0 Å². The van der Waals surface area contributed by atoms with Gasteiger partial charge in [-0.15, -0.1) is 0 Å². The molecule has 3 aromatic heterocycles. The van der Waals surface area contributed by atoms with E-state index in [0.717, 1.165) is 0 Å². The maximum Gasteiger partial charge on any atom is 0.418 e. The Bertz CT molecular complexity index is 905. The van der Waals surface area contributed by atoms with E-state index in [4.69, 9.17) is 13.6 Å². The van der Waals surface area contributed by atoms with Crippen LogP contribution in [0.15, 0.2) is 58.0 Å². The van der Waals surface area contributed by atoms with Crippen LogP contribution < -0.4 is 0 Å². The van der Waals surface area contributed by atoms with Gasteiger partial charge in [0.1, 0.15) is 5.60 Å². The minimum absolute atomic E-state index is 0.00984. The highest BCUT2D eigenvalue weighted by Crippen LogP contribution is 2.19. The van der Waals surface area contributed by atoms with Crippen LogP contribution in [0.4, 0.5) is 4.79 Å². The van der Waals surface area contributed by atoms with Gasteiger partial charge in [0.15, 0.2) is 11.5 Å². The lowest BCUT2D eigenvalue weighted by Crippen LogP contribution is -2.26. The topological polar surface area (TPSA) is 91.6 Å². The molecule has 0 bridgehead atoms. The Morgan fingerprint density at radius 1 is 0.893 bits per heavy atom. The molecule has 146 valence electrons. The number of hydrogen-bond acceptors (Lipinski definition) is 6. The number of rotatable bonds is 6. The van der Waals surface area contributed by atoms with Gasteiger partial charge in [0.05, 0.1) is 12.5 Å². The van der Waals surface area contributed by atoms with Crippen LogP contribution in [0.2, 0.25) is 0 Å². The SMILES string of the molecule is CC(C)(C)OC(=O)n1cc(CC(=O)c2ccco2)c(CC(=O)c2ccco2)c1. The van der Waals surface area contributed by atoms with Gasteiger partial charge < -0.3 is 13.6 Å². The molecule has 0 spiro atoms. The molecule has 3 aromatic rings. The van der Waals surface area contributed by atoms with E-state index in [0.29, 0.717) is 11.1 Å². The minimum atomic E-state index is -0.671. The first-order valence-electron chi connectivity index (χ1n) is 8.79. The highest BCUT2D eigenvalue weighted by atomic mass is 16.6. The fraction of sp³-hybridized carbons (Fsp3) is 0.286. The maximum absolute atomic E-state index is 12.4. The average molecular weight is 383 g/mol. The molecule has 0 fully saturated rings. The Balaban J connectivity index is 1.87. The van der Waals surface area contributed by atoms with E-state index in [1.165, 1.54) is 29.5 Å². The van der Waals surface area contributed by atoms with Gasteiger partial charge in [-0.2, -0.15) is 0 Å². The molecule has 0 atom stereocenters. The lowest BCUT2D eigenvalue weighted by atomic mass is 10.0. The van der Waals surface area contributed by atoms with Crippen molar-refractivity contribution >= 4 is 17.7 Å². The molecule has 0 N–H and O–H groups in total. The van der Waals surface area contributed by atoms with E-state index >= 15 is 0 Å². The quantitative estimate of drug-likeness (QED) is 0.589. The number of Topliss-reactive ketones (excluding diaryl/α,β-unsaturated/α-hetero) is 2. The summed E-state index contributed by atoms with van der Waals surface area (Å²) in [4.78, 5) is 37.2. The molecule has 0 aliphatic carbocycles. The maximum atomic E-state index is 12.4. The Morgan fingerprint density at radius 2 is 1.36 bits per heavy atom. The Hall–Kier alpha value is -3.35. The second-order valence-corrected chi connectivity index (χ2v) is 7.35. The Morgan fingerprint density at radius 3 is 1.71 bits per heavy atom. The minimum Gasteiger partial charge on any atom is -0.461 e.